The molecule has 1 amide bonds. The predicted molar refractivity (Wildman–Crippen MR) is 64.7 cm³/mol. The van der Waals surface area contributed by atoms with Gasteiger partial charge in [0.2, 0.25) is 0 Å². The first-order valence-corrected chi connectivity index (χ1v) is 5.63. The molecule has 1 aromatic rings. The first kappa shape index (κ1) is 13.8. The third-order valence-corrected chi connectivity index (χ3v) is 2.97. The normalized spacial score (nSPS) is 9.78. The van der Waals surface area contributed by atoms with Crippen molar-refractivity contribution >= 4 is 28.2 Å². The minimum atomic E-state index is -1.16. The molecule has 18 heavy (non-hydrogen) atoms. The molecule has 96 valence electrons. The number of carbonyl (C=O) groups excluding carboxylic acids is 1. The topological polar surface area (TPSA) is 101 Å². The molecule has 0 unspecified atom stereocenters. The van der Waals surface area contributed by atoms with Gasteiger partial charge in [0.1, 0.15) is 6.54 Å². The number of carbonyl (C=O) groups is 2. The van der Waals surface area contributed by atoms with E-state index in [1.165, 1.54) is 18.2 Å². The fourth-order valence-electron chi connectivity index (χ4n) is 1.23. The molecule has 7 nitrogen and oxygen atoms in total. The number of carboxylic acid groups (broad SMARTS) is 1. The van der Waals surface area contributed by atoms with Gasteiger partial charge >= 0.3 is 11.0 Å². The number of aliphatic carboxylic acids is 1. The maximum Gasteiger partial charge on any atom is 0.324 e. The van der Waals surface area contributed by atoms with Crippen LogP contribution in [0.1, 0.15) is 9.67 Å². The Hall–Kier alpha value is -2.22. The number of hydrogen-bond donors (Lipinski definition) is 1. The smallest absolute Gasteiger partial charge is 0.324 e. The average molecular weight is 270 g/mol. The van der Waals surface area contributed by atoms with E-state index in [4.69, 9.17) is 5.11 Å². The summed E-state index contributed by atoms with van der Waals surface area (Å²) < 4.78 is 0. The van der Waals surface area contributed by atoms with Gasteiger partial charge in [0, 0.05) is 12.6 Å². The van der Waals surface area contributed by atoms with E-state index in [1.807, 2.05) is 0 Å². The Morgan fingerprint density at radius 3 is 2.67 bits per heavy atom. The van der Waals surface area contributed by atoms with E-state index in [2.05, 4.69) is 6.58 Å². The average Bonchev–Trinajstić information content (AvgIpc) is 2.76. The highest BCUT2D eigenvalue weighted by Gasteiger charge is 2.21. The van der Waals surface area contributed by atoms with Crippen molar-refractivity contribution in [1.29, 1.82) is 0 Å². The van der Waals surface area contributed by atoms with E-state index < -0.39 is 23.3 Å². The summed E-state index contributed by atoms with van der Waals surface area (Å²) >= 11 is 0.713. The first-order valence-electron chi connectivity index (χ1n) is 4.82. The van der Waals surface area contributed by atoms with Gasteiger partial charge in [0.25, 0.3) is 5.91 Å². The van der Waals surface area contributed by atoms with Crippen molar-refractivity contribution in [2.24, 2.45) is 0 Å². The zero-order chi connectivity index (χ0) is 13.7. The van der Waals surface area contributed by atoms with Crippen LogP contribution in [-0.2, 0) is 4.79 Å². The predicted octanol–water partition coefficient (Wildman–Crippen LogP) is 1.37. The largest absolute Gasteiger partial charge is 0.480 e. The summed E-state index contributed by atoms with van der Waals surface area (Å²) in [5, 5.41) is 19.0. The molecule has 1 aromatic heterocycles. The molecule has 0 spiro atoms. The van der Waals surface area contributed by atoms with Crippen molar-refractivity contribution in [3.63, 3.8) is 0 Å². The standard InChI is InChI=1S/C10H10N2O5S/c1-2-5-11(6-9(13)14)10(15)7-3-4-8(18-7)12(16)17/h2-4H,1,5-6H2,(H,13,14). The van der Waals surface area contributed by atoms with Gasteiger partial charge < -0.3 is 10.0 Å². The summed E-state index contributed by atoms with van der Waals surface area (Å²) in [6.07, 6.45) is 1.39. The molecule has 0 atom stereocenters. The maximum absolute atomic E-state index is 11.9. The number of nitro groups is 1. The van der Waals surface area contributed by atoms with Gasteiger partial charge in [0.15, 0.2) is 0 Å². The molecule has 0 aliphatic heterocycles. The Morgan fingerprint density at radius 1 is 1.56 bits per heavy atom. The third-order valence-electron chi connectivity index (χ3n) is 1.95. The van der Waals surface area contributed by atoms with Crippen LogP contribution in [0.25, 0.3) is 0 Å². The third kappa shape index (κ3) is 3.39. The Morgan fingerprint density at radius 2 is 2.22 bits per heavy atom. The second-order valence-electron chi connectivity index (χ2n) is 3.26. The summed E-state index contributed by atoms with van der Waals surface area (Å²) in [5.74, 6) is -1.72. The first-order chi connectivity index (χ1) is 8.45. The summed E-state index contributed by atoms with van der Waals surface area (Å²) in [4.78, 5) is 33.6. The fourth-order valence-corrected chi connectivity index (χ4v) is 2.02. The van der Waals surface area contributed by atoms with Crippen LogP contribution in [0.15, 0.2) is 24.8 Å². The number of thiophene rings is 1. The Labute approximate surface area is 106 Å². The van der Waals surface area contributed by atoms with Gasteiger partial charge in [0.05, 0.1) is 9.80 Å². The number of amides is 1. The molecule has 0 fully saturated rings. The van der Waals surface area contributed by atoms with Crippen molar-refractivity contribution in [3.05, 3.63) is 39.8 Å². The van der Waals surface area contributed by atoms with Crippen LogP contribution in [0.4, 0.5) is 5.00 Å². The van der Waals surface area contributed by atoms with Gasteiger partial charge in [-0.3, -0.25) is 19.7 Å². The van der Waals surface area contributed by atoms with Crippen LogP contribution < -0.4 is 0 Å². The zero-order valence-electron chi connectivity index (χ0n) is 9.24. The van der Waals surface area contributed by atoms with E-state index in [1.54, 1.807) is 0 Å². The summed E-state index contributed by atoms with van der Waals surface area (Å²) in [5.41, 5.74) is 0. The summed E-state index contributed by atoms with van der Waals surface area (Å²) in [6, 6.07) is 2.52. The van der Waals surface area contributed by atoms with E-state index in [0.29, 0.717) is 11.3 Å². The molecule has 0 aromatic carbocycles. The molecule has 8 heteroatoms. The molecule has 0 saturated heterocycles. The zero-order valence-corrected chi connectivity index (χ0v) is 10.1. The molecule has 1 rings (SSSR count). The van der Waals surface area contributed by atoms with Crippen LogP contribution in [0, 0.1) is 10.1 Å². The Balaban J connectivity index is 2.90. The van der Waals surface area contributed by atoms with Gasteiger partial charge in [-0.25, -0.2) is 0 Å². The highest BCUT2D eigenvalue weighted by molar-refractivity contribution is 7.17. The minimum Gasteiger partial charge on any atom is -0.480 e. The van der Waals surface area contributed by atoms with E-state index in [-0.39, 0.29) is 16.4 Å². The summed E-state index contributed by atoms with van der Waals surface area (Å²) in [7, 11) is 0. The van der Waals surface area contributed by atoms with Crippen LogP contribution >= 0.6 is 11.3 Å². The van der Waals surface area contributed by atoms with Crippen molar-refractivity contribution < 1.29 is 19.6 Å². The van der Waals surface area contributed by atoms with Crippen LogP contribution in [0.3, 0.4) is 0 Å². The number of hydrogen-bond acceptors (Lipinski definition) is 5. The summed E-state index contributed by atoms with van der Waals surface area (Å²) in [6.45, 7) is 3.02. The Kier molecular flexibility index (Phi) is 4.55. The molecule has 1 heterocycles. The van der Waals surface area contributed by atoms with Crippen molar-refractivity contribution in [2.75, 3.05) is 13.1 Å². The van der Waals surface area contributed by atoms with Gasteiger partial charge in [-0.05, 0) is 6.07 Å². The highest BCUT2D eigenvalue weighted by atomic mass is 32.1. The van der Waals surface area contributed by atoms with Crippen molar-refractivity contribution in [3.8, 4) is 0 Å². The van der Waals surface area contributed by atoms with E-state index >= 15 is 0 Å². The highest BCUT2D eigenvalue weighted by Crippen LogP contribution is 2.24. The molecule has 0 saturated carbocycles. The molecule has 0 aliphatic rings. The molecule has 0 aliphatic carbocycles. The van der Waals surface area contributed by atoms with Crippen LogP contribution in [0.5, 0.6) is 0 Å². The van der Waals surface area contributed by atoms with Gasteiger partial charge in [-0.2, -0.15) is 0 Å². The van der Waals surface area contributed by atoms with Crippen LogP contribution in [0.2, 0.25) is 0 Å². The quantitative estimate of drug-likeness (QED) is 0.478. The molecule has 0 radical (unpaired) electrons. The molecule has 1 N–H and O–H groups in total. The number of carboxylic acids is 1. The lowest BCUT2D eigenvalue weighted by Gasteiger charge is -2.17. The SMILES string of the molecule is C=CCN(CC(=O)O)C(=O)c1ccc([N+](=O)[O-])s1. The number of rotatable bonds is 6. The van der Waals surface area contributed by atoms with Gasteiger partial charge in [-0.15, -0.1) is 6.58 Å². The number of nitrogens with zero attached hydrogens (tertiary/aromatic N) is 2. The Bertz CT molecular complexity index is 496. The van der Waals surface area contributed by atoms with Crippen LogP contribution in [-0.4, -0.2) is 39.9 Å². The lowest BCUT2D eigenvalue weighted by atomic mass is 10.3. The van der Waals surface area contributed by atoms with Crippen molar-refractivity contribution in [2.45, 2.75) is 0 Å². The second-order valence-corrected chi connectivity index (χ2v) is 4.33. The minimum absolute atomic E-state index is 0.0663. The monoisotopic (exact) mass is 270 g/mol. The lowest BCUT2D eigenvalue weighted by Crippen LogP contribution is -2.35. The molecular weight excluding hydrogens is 260 g/mol. The molecule has 0 bridgehead atoms. The lowest BCUT2D eigenvalue weighted by molar-refractivity contribution is -0.380. The molecular formula is C10H10N2O5S. The van der Waals surface area contributed by atoms with E-state index in [0.717, 1.165) is 4.90 Å². The second kappa shape index (κ2) is 5.92. The fraction of sp³-hybridized carbons (Fsp3) is 0.200. The van der Waals surface area contributed by atoms with E-state index in [9.17, 15) is 19.7 Å². The van der Waals surface area contributed by atoms with Gasteiger partial charge in [-0.1, -0.05) is 17.4 Å². The van der Waals surface area contributed by atoms with Crippen molar-refractivity contribution in [1.82, 2.24) is 4.90 Å². The maximum atomic E-state index is 11.9.